The summed E-state index contributed by atoms with van der Waals surface area (Å²) in [6.07, 6.45) is 1.57. The molecule has 0 atom stereocenters. The Bertz CT molecular complexity index is 1220. The van der Waals surface area contributed by atoms with Gasteiger partial charge in [0.15, 0.2) is 0 Å². The van der Waals surface area contributed by atoms with Crippen LogP contribution < -0.4 is 15.4 Å². The van der Waals surface area contributed by atoms with Gasteiger partial charge < -0.3 is 20.1 Å². The number of carbonyl (C=O) groups excluding carboxylic acids is 1. The Morgan fingerprint density at radius 2 is 2.09 bits per heavy atom. The van der Waals surface area contributed by atoms with Crippen LogP contribution in [0, 0.1) is 11.3 Å². The Kier molecular flexibility index (Phi) is 7.80. The predicted octanol–water partition coefficient (Wildman–Crippen LogP) is 3.44. The van der Waals surface area contributed by atoms with Gasteiger partial charge in [0, 0.05) is 44.3 Å². The summed E-state index contributed by atoms with van der Waals surface area (Å²) in [5.74, 6) is 0.374. The van der Waals surface area contributed by atoms with Crippen LogP contribution >= 0.6 is 11.6 Å². The molecule has 9 heteroatoms. The molecule has 0 radical (unpaired) electrons. The summed E-state index contributed by atoms with van der Waals surface area (Å²) in [6, 6.07) is 12.9. The number of ether oxygens (including phenoxy) is 2. The number of nitrogens with one attached hydrogen (secondary N) is 2. The molecule has 1 aliphatic rings. The molecule has 0 bridgehead atoms. The molecular weight excluding hydrogens is 454 g/mol. The summed E-state index contributed by atoms with van der Waals surface area (Å²) >= 11 is 6.27. The zero-order chi connectivity index (χ0) is 23.9. The van der Waals surface area contributed by atoms with Crippen molar-refractivity contribution < 1.29 is 14.3 Å². The Hall–Kier alpha value is -3.38. The SMILES string of the molecule is COc1ccc(CNc2c(C(=O)NCCN3CCOCC3)cnc3ccc(C#N)cc23)cc1Cl. The van der Waals surface area contributed by atoms with Crippen molar-refractivity contribution in [2.75, 3.05) is 51.8 Å². The topological polar surface area (TPSA) is 99.5 Å². The number of anilines is 1. The van der Waals surface area contributed by atoms with Crippen molar-refractivity contribution in [3.63, 3.8) is 0 Å². The number of hydrogen-bond donors (Lipinski definition) is 2. The van der Waals surface area contributed by atoms with Crippen molar-refractivity contribution >= 4 is 34.1 Å². The van der Waals surface area contributed by atoms with E-state index in [1.165, 1.54) is 0 Å². The lowest BCUT2D eigenvalue weighted by atomic mass is 10.1. The van der Waals surface area contributed by atoms with E-state index in [4.69, 9.17) is 21.1 Å². The second-order valence-electron chi connectivity index (χ2n) is 7.92. The highest BCUT2D eigenvalue weighted by Gasteiger charge is 2.17. The fraction of sp³-hybridized carbons (Fsp3) is 0.320. The number of methoxy groups -OCH3 is 1. The molecule has 0 spiro atoms. The van der Waals surface area contributed by atoms with Gasteiger partial charge >= 0.3 is 0 Å². The number of fused-ring (bicyclic) bond motifs is 1. The third-order valence-electron chi connectivity index (χ3n) is 5.74. The number of carbonyl (C=O) groups is 1. The zero-order valence-corrected chi connectivity index (χ0v) is 19.7. The second kappa shape index (κ2) is 11.2. The van der Waals surface area contributed by atoms with Crippen LogP contribution in [0.15, 0.2) is 42.6 Å². The maximum Gasteiger partial charge on any atom is 0.255 e. The van der Waals surface area contributed by atoms with Crippen LogP contribution in [0.4, 0.5) is 5.69 Å². The molecule has 1 fully saturated rings. The number of pyridine rings is 1. The number of aromatic nitrogens is 1. The van der Waals surface area contributed by atoms with Gasteiger partial charge in [-0.2, -0.15) is 5.26 Å². The molecule has 0 saturated carbocycles. The molecule has 4 rings (SSSR count). The molecule has 1 saturated heterocycles. The lowest BCUT2D eigenvalue weighted by molar-refractivity contribution is 0.0383. The van der Waals surface area contributed by atoms with Crippen molar-refractivity contribution in [1.82, 2.24) is 15.2 Å². The van der Waals surface area contributed by atoms with Crippen LogP contribution in [-0.2, 0) is 11.3 Å². The normalized spacial score (nSPS) is 13.9. The van der Waals surface area contributed by atoms with Gasteiger partial charge in [0.2, 0.25) is 0 Å². The van der Waals surface area contributed by atoms with E-state index < -0.39 is 0 Å². The first-order valence-corrected chi connectivity index (χ1v) is 11.4. The molecule has 3 aromatic rings. The van der Waals surface area contributed by atoms with Crippen molar-refractivity contribution in [3.05, 3.63) is 64.3 Å². The molecule has 1 aromatic heterocycles. The predicted molar refractivity (Wildman–Crippen MR) is 131 cm³/mol. The van der Waals surface area contributed by atoms with Gasteiger partial charge in [0.05, 0.1) is 53.7 Å². The fourth-order valence-electron chi connectivity index (χ4n) is 3.88. The molecular formula is C25H26ClN5O3. The molecule has 0 unspecified atom stereocenters. The summed E-state index contributed by atoms with van der Waals surface area (Å²) in [6.45, 7) is 4.85. The second-order valence-corrected chi connectivity index (χ2v) is 8.33. The maximum absolute atomic E-state index is 13.1. The lowest BCUT2D eigenvalue weighted by Gasteiger charge is -2.26. The Morgan fingerprint density at radius 3 is 2.82 bits per heavy atom. The standard InChI is InChI=1S/C25H26ClN5O3/c1-33-23-5-3-18(13-21(23)26)15-30-24-19-12-17(14-27)2-4-22(19)29-16-20(24)25(32)28-6-7-31-8-10-34-11-9-31/h2-5,12-13,16H,6-11,15H2,1H3,(H,28,32)(H,29,30). The minimum Gasteiger partial charge on any atom is -0.495 e. The van der Waals surface area contributed by atoms with Crippen molar-refractivity contribution in [2.45, 2.75) is 6.54 Å². The van der Waals surface area contributed by atoms with E-state index in [9.17, 15) is 10.1 Å². The quantitative estimate of drug-likeness (QED) is 0.510. The molecule has 8 nitrogen and oxygen atoms in total. The summed E-state index contributed by atoms with van der Waals surface area (Å²) in [4.78, 5) is 19.8. The molecule has 34 heavy (non-hydrogen) atoms. The van der Waals surface area contributed by atoms with E-state index in [0.717, 1.165) is 25.2 Å². The number of nitrogens with zero attached hydrogens (tertiary/aromatic N) is 3. The largest absolute Gasteiger partial charge is 0.495 e. The third kappa shape index (κ3) is 5.57. The van der Waals surface area contributed by atoms with Crippen LogP contribution in [0.1, 0.15) is 21.5 Å². The Balaban J connectivity index is 1.57. The summed E-state index contributed by atoms with van der Waals surface area (Å²) in [5.41, 5.74) is 3.15. The van der Waals surface area contributed by atoms with Crippen LogP contribution in [0.2, 0.25) is 5.02 Å². The highest BCUT2D eigenvalue weighted by atomic mass is 35.5. The monoisotopic (exact) mass is 479 g/mol. The van der Waals surface area contributed by atoms with E-state index in [1.807, 2.05) is 12.1 Å². The van der Waals surface area contributed by atoms with E-state index >= 15 is 0 Å². The van der Waals surface area contributed by atoms with Crippen LogP contribution in [-0.4, -0.2) is 62.3 Å². The van der Waals surface area contributed by atoms with E-state index in [0.29, 0.717) is 64.8 Å². The molecule has 1 aliphatic heterocycles. The number of hydrogen-bond acceptors (Lipinski definition) is 7. The van der Waals surface area contributed by atoms with Crippen LogP contribution in [0.3, 0.4) is 0 Å². The smallest absolute Gasteiger partial charge is 0.255 e. The molecule has 1 amide bonds. The zero-order valence-electron chi connectivity index (χ0n) is 18.9. The van der Waals surface area contributed by atoms with Gasteiger partial charge in [-0.3, -0.25) is 14.7 Å². The Morgan fingerprint density at radius 1 is 1.26 bits per heavy atom. The van der Waals surface area contributed by atoms with Gasteiger partial charge in [-0.15, -0.1) is 0 Å². The number of nitriles is 1. The van der Waals surface area contributed by atoms with Gasteiger partial charge in [0.1, 0.15) is 5.75 Å². The number of morpholine rings is 1. The maximum atomic E-state index is 13.1. The minimum absolute atomic E-state index is 0.222. The fourth-order valence-corrected chi connectivity index (χ4v) is 4.16. The van der Waals surface area contributed by atoms with Crippen molar-refractivity contribution in [3.8, 4) is 11.8 Å². The Labute approximate surface area is 203 Å². The molecule has 176 valence electrons. The van der Waals surface area contributed by atoms with Gasteiger partial charge in [-0.1, -0.05) is 17.7 Å². The van der Waals surface area contributed by atoms with Crippen molar-refractivity contribution in [1.29, 1.82) is 5.26 Å². The first kappa shape index (κ1) is 23.8. The van der Waals surface area contributed by atoms with E-state index in [1.54, 1.807) is 37.6 Å². The van der Waals surface area contributed by atoms with Gasteiger partial charge in [-0.25, -0.2) is 0 Å². The average molecular weight is 480 g/mol. The number of amides is 1. The van der Waals surface area contributed by atoms with Gasteiger partial charge in [-0.05, 0) is 35.9 Å². The minimum atomic E-state index is -0.222. The molecule has 2 N–H and O–H groups in total. The molecule has 2 aromatic carbocycles. The van der Waals surface area contributed by atoms with Crippen LogP contribution in [0.25, 0.3) is 10.9 Å². The first-order chi connectivity index (χ1) is 16.6. The van der Waals surface area contributed by atoms with Crippen LogP contribution in [0.5, 0.6) is 5.75 Å². The van der Waals surface area contributed by atoms with E-state index in [-0.39, 0.29) is 5.91 Å². The first-order valence-electron chi connectivity index (χ1n) is 11.1. The number of halogens is 1. The molecule has 0 aliphatic carbocycles. The summed E-state index contributed by atoms with van der Waals surface area (Å²) < 4.78 is 10.6. The summed E-state index contributed by atoms with van der Waals surface area (Å²) in [5, 5.41) is 17.0. The summed E-state index contributed by atoms with van der Waals surface area (Å²) in [7, 11) is 1.57. The van der Waals surface area contributed by atoms with E-state index in [2.05, 4.69) is 26.6 Å². The number of rotatable bonds is 8. The highest BCUT2D eigenvalue weighted by molar-refractivity contribution is 6.32. The highest BCUT2D eigenvalue weighted by Crippen LogP contribution is 2.29. The van der Waals surface area contributed by atoms with Crippen molar-refractivity contribution in [2.24, 2.45) is 0 Å². The average Bonchev–Trinajstić information content (AvgIpc) is 2.87. The lowest BCUT2D eigenvalue weighted by Crippen LogP contribution is -2.41. The molecule has 2 heterocycles. The number of benzene rings is 2. The van der Waals surface area contributed by atoms with Gasteiger partial charge in [0.25, 0.3) is 5.91 Å². The third-order valence-corrected chi connectivity index (χ3v) is 6.04.